The monoisotopic (exact) mass is 488 g/mol. The van der Waals surface area contributed by atoms with Crippen LogP contribution in [0.25, 0.3) is 0 Å². The van der Waals surface area contributed by atoms with Crippen molar-refractivity contribution in [1.29, 1.82) is 0 Å². The van der Waals surface area contributed by atoms with E-state index in [-0.39, 0.29) is 30.9 Å². The summed E-state index contributed by atoms with van der Waals surface area (Å²) in [6.45, 7) is 3.48. The fourth-order valence-corrected chi connectivity index (χ4v) is 4.22. The number of benzene rings is 2. The third-order valence-electron chi connectivity index (χ3n) is 6.04. The van der Waals surface area contributed by atoms with Crippen molar-refractivity contribution in [2.45, 2.75) is 25.8 Å². The van der Waals surface area contributed by atoms with Crippen LogP contribution in [-0.4, -0.2) is 50.2 Å². The second kappa shape index (κ2) is 12.1. The molecule has 1 aliphatic heterocycles. The van der Waals surface area contributed by atoms with Crippen LogP contribution in [0.1, 0.15) is 31.4 Å². The minimum Gasteiger partial charge on any atom is -0.481 e. The number of rotatable bonds is 11. The minimum absolute atomic E-state index is 0.00251. The molecule has 0 aliphatic carbocycles. The van der Waals surface area contributed by atoms with Crippen molar-refractivity contribution in [3.05, 3.63) is 78.5 Å². The first-order valence-electron chi connectivity index (χ1n) is 12.2. The average molecular weight is 489 g/mol. The SMILES string of the molecule is CCOC(=O)CC(Nc1ccc2c(c1)OCC(=O)N2CCCN(C)c1ccccn1)c1ccccc1. The Bertz CT molecular complexity index is 1160. The van der Waals surface area contributed by atoms with Gasteiger partial charge in [-0.1, -0.05) is 36.4 Å². The lowest BCUT2D eigenvalue weighted by atomic mass is 10.0. The number of hydrogen-bond acceptors (Lipinski definition) is 7. The van der Waals surface area contributed by atoms with Gasteiger partial charge in [-0.2, -0.15) is 0 Å². The zero-order valence-corrected chi connectivity index (χ0v) is 20.7. The van der Waals surface area contributed by atoms with Crippen LogP contribution in [0, 0.1) is 0 Å². The van der Waals surface area contributed by atoms with Gasteiger partial charge in [0.15, 0.2) is 6.61 Å². The summed E-state index contributed by atoms with van der Waals surface area (Å²) in [5.41, 5.74) is 2.54. The van der Waals surface area contributed by atoms with Crippen molar-refractivity contribution in [3.63, 3.8) is 0 Å². The van der Waals surface area contributed by atoms with E-state index in [1.165, 1.54) is 0 Å². The van der Waals surface area contributed by atoms with Crippen LogP contribution in [0.2, 0.25) is 0 Å². The zero-order chi connectivity index (χ0) is 25.3. The molecule has 0 fully saturated rings. The van der Waals surface area contributed by atoms with Crippen molar-refractivity contribution in [2.75, 3.05) is 48.5 Å². The second-order valence-electron chi connectivity index (χ2n) is 8.60. The number of nitrogens with one attached hydrogen (secondary N) is 1. The van der Waals surface area contributed by atoms with E-state index in [4.69, 9.17) is 9.47 Å². The number of anilines is 3. The number of nitrogens with zero attached hydrogens (tertiary/aromatic N) is 3. The van der Waals surface area contributed by atoms with Crippen molar-refractivity contribution < 1.29 is 19.1 Å². The summed E-state index contributed by atoms with van der Waals surface area (Å²) < 4.78 is 10.9. The molecule has 188 valence electrons. The Balaban J connectivity index is 1.44. The fourth-order valence-electron chi connectivity index (χ4n) is 4.22. The van der Waals surface area contributed by atoms with Gasteiger partial charge in [0.05, 0.1) is 24.8 Å². The normalized spacial score (nSPS) is 13.4. The number of aromatic nitrogens is 1. The van der Waals surface area contributed by atoms with Gasteiger partial charge in [0.2, 0.25) is 0 Å². The first-order valence-corrected chi connectivity index (χ1v) is 12.2. The number of fused-ring (bicyclic) bond motifs is 1. The Hall–Kier alpha value is -4.07. The molecule has 0 saturated heterocycles. The molecule has 1 aliphatic rings. The molecule has 1 aromatic heterocycles. The summed E-state index contributed by atoms with van der Waals surface area (Å²) in [4.78, 5) is 33.1. The van der Waals surface area contributed by atoms with Gasteiger partial charge in [0.1, 0.15) is 11.6 Å². The summed E-state index contributed by atoms with van der Waals surface area (Å²) in [5.74, 6) is 1.21. The van der Waals surface area contributed by atoms with Gasteiger partial charge in [0.25, 0.3) is 5.91 Å². The Morgan fingerprint density at radius 3 is 2.72 bits per heavy atom. The Kier molecular flexibility index (Phi) is 8.39. The van der Waals surface area contributed by atoms with Crippen molar-refractivity contribution >= 4 is 29.1 Å². The number of hydrogen-bond donors (Lipinski definition) is 1. The van der Waals surface area contributed by atoms with E-state index in [2.05, 4.69) is 15.2 Å². The zero-order valence-electron chi connectivity index (χ0n) is 20.7. The summed E-state index contributed by atoms with van der Waals surface area (Å²) in [6, 6.07) is 21.0. The topological polar surface area (TPSA) is 84.0 Å². The molecule has 2 aromatic carbocycles. The lowest BCUT2D eigenvalue weighted by molar-refractivity contribution is -0.143. The Labute approximate surface area is 211 Å². The number of ether oxygens (including phenoxy) is 2. The molecule has 0 spiro atoms. The predicted octanol–water partition coefficient (Wildman–Crippen LogP) is 4.44. The van der Waals surface area contributed by atoms with E-state index in [1.807, 2.05) is 73.8 Å². The molecule has 0 bridgehead atoms. The van der Waals surface area contributed by atoms with Crippen LogP contribution >= 0.6 is 0 Å². The second-order valence-corrected chi connectivity index (χ2v) is 8.60. The fraction of sp³-hybridized carbons (Fsp3) is 0.321. The highest BCUT2D eigenvalue weighted by Gasteiger charge is 2.26. The molecule has 3 aromatic rings. The van der Waals surface area contributed by atoms with Gasteiger partial charge < -0.3 is 24.6 Å². The molecule has 36 heavy (non-hydrogen) atoms. The molecule has 1 atom stereocenters. The molecular weight excluding hydrogens is 456 g/mol. The molecular formula is C28H32N4O4. The van der Waals surface area contributed by atoms with Crippen LogP contribution in [0.15, 0.2) is 72.9 Å². The van der Waals surface area contributed by atoms with Gasteiger partial charge in [-0.3, -0.25) is 9.59 Å². The van der Waals surface area contributed by atoms with Crippen LogP contribution in [0.3, 0.4) is 0 Å². The van der Waals surface area contributed by atoms with E-state index in [0.717, 1.165) is 35.7 Å². The Morgan fingerprint density at radius 2 is 1.97 bits per heavy atom. The van der Waals surface area contributed by atoms with E-state index in [0.29, 0.717) is 18.9 Å². The van der Waals surface area contributed by atoms with Crippen molar-refractivity contribution in [3.8, 4) is 5.75 Å². The summed E-state index contributed by atoms with van der Waals surface area (Å²) in [6.07, 6.45) is 2.76. The van der Waals surface area contributed by atoms with E-state index in [1.54, 1.807) is 18.0 Å². The molecule has 1 amide bonds. The molecule has 2 heterocycles. The number of carbonyl (C=O) groups is 2. The summed E-state index contributed by atoms with van der Waals surface area (Å²) >= 11 is 0. The predicted molar refractivity (Wildman–Crippen MR) is 140 cm³/mol. The van der Waals surface area contributed by atoms with Gasteiger partial charge in [0, 0.05) is 38.1 Å². The first kappa shape index (κ1) is 25.0. The summed E-state index contributed by atoms with van der Waals surface area (Å²) in [5, 5.41) is 3.44. The van der Waals surface area contributed by atoms with Crippen LogP contribution in [-0.2, 0) is 14.3 Å². The minimum atomic E-state index is -0.263. The largest absolute Gasteiger partial charge is 0.481 e. The number of esters is 1. The highest BCUT2D eigenvalue weighted by molar-refractivity contribution is 5.98. The molecule has 1 unspecified atom stereocenters. The number of pyridine rings is 1. The lowest BCUT2D eigenvalue weighted by Crippen LogP contribution is -2.40. The van der Waals surface area contributed by atoms with E-state index >= 15 is 0 Å². The average Bonchev–Trinajstić information content (AvgIpc) is 2.90. The number of amides is 1. The van der Waals surface area contributed by atoms with Gasteiger partial charge in [-0.25, -0.2) is 4.98 Å². The quantitative estimate of drug-likeness (QED) is 0.400. The van der Waals surface area contributed by atoms with Gasteiger partial charge >= 0.3 is 5.97 Å². The van der Waals surface area contributed by atoms with Crippen molar-refractivity contribution in [2.24, 2.45) is 0 Å². The van der Waals surface area contributed by atoms with Crippen LogP contribution < -0.4 is 19.9 Å². The Morgan fingerprint density at radius 1 is 1.17 bits per heavy atom. The highest BCUT2D eigenvalue weighted by Crippen LogP contribution is 2.36. The first-order chi connectivity index (χ1) is 17.5. The maximum atomic E-state index is 12.6. The number of carbonyl (C=O) groups excluding carboxylic acids is 2. The van der Waals surface area contributed by atoms with Gasteiger partial charge in [-0.15, -0.1) is 0 Å². The van der Waals surface area contributed by atoms with Gasteiger partial charge in [-0.05, 0) is 43.2 Å². The van der Waals surface area contributed by atoms with Crippen LogP contribution in [0.5, 0.6) is 5.75 Å². The highest BCUT2D eigenvalue weighted by atomic mass is 16.5. The van der Waals surface area contributed by atoms with Crippen molar-refractivity contribution in [1.82, 2.24) is 4.98 Å². The molecule has 0 radical (unpaired) electrons. The van der Waals surface area contributed by atoms with E-state index < -0.39 is 0 Å². The molecule has 4 rings (SSSR count). The lowest BCUT2D eigenvalue weighted by Gasteiger charge is -2.31. The smallest absolute Gasteiger partial charge is 0.308 e. The maximum Gasteiger partial charge on any atom is 0.308 e. The van der Waals surface area contributed by atoms with Crippen LogP contribution in [0.4, 0.5) is 17.2 Å². The molecule has 8 heteroatoms. The van der Waals surface area contributed by atoms with E-state index in [9.17, 15) is 9.59 Å². The molecule has 0 saturated carbocycles. The maximum absolute atomic E-state index is 12.6. The molecule has 1 N–H and O–H groups in total. The molecule has 8 nitrogen and oxygen atoms in total. The third-order valence-corrected chi connectivity index (χ3v) is 6.04. The standard InChI is InChI=1S/C28H32N4O4/c1-3-35-28(34)19-23(21-10-5-4-6-11-21)30-22-13-14-24-25(18-22)36-20-27(33)32(24)17-9-16-31(2)26-12-7-8-15-29-26/h4-8,10-15,18,23,30H,3,9,16-17,19-20H2,1-2H3. The summed E-state index contributed by atoms with van der Waals surface area (Å²) in [7, 11) is 1.99. The third kappa shape index (κ3) is 6.33.